The minimum absolute atomic E-state index is 0.147. The summed E-state index contributed by atoms with van der Waals surface area (Å²) in [6.45, 7) is 5.52. The van der Waals surface area contributed by atoms with Gasteiger partial charge in [-0.1, -0.05) is 24.4 Å². The summed E-state index contributed by atoms with van der Waals surface area (Å²) < 4.78 is 5.79. The van der Waals surface area contributed by atoms with E-state index in [1.807, 2.05) is 28.0 Å². The number of ether oxygens (including phenoxy) is 1. The predicted molar refractivity (Wildman–Crippen MR) is 112 cm³/mol. The molecule has 158 valence electrons. The molecule has 2 saturated heterocycles. The number of hydrogen-bond donors (Lipinski definition) is 0. The van der Waals surface area contributed by atoms with Gasteiger partial charge < -0.3 is 14.5 Å². The van der Waals surface area contributed by atoms with Crippen molar-refractivity contribution in [2.24, 2.45) is 5.92 Å². The summed E-state index contributed by atoms with van der Waals surface area (Å²) in [5.41, 5.74) is 1.00. The van der Waals surface area contributed by atoms with Crippen molar-refractivity contribution in [3.05, 3.63) is 28.8 Å². The molecule has 0 aromatic heterocycles. The van der Waals surface area contributed by atoms with E-state index in [4.69, 9.17) is 16.3 Å². The fraction of sp³-hybridized carbons (Fsp3) is 0.636. The molecule has 0 aliphatic carbocycles. The van der Waals surface area contributed by atoms with Gasteiger partial charge in [0, 0.05) is 44.3 Å². The Morgan fingerprint density at radius 3 is 2.41 bits per heavy atom. The van der Waals surface area contributed by atoms with Crippen LogP contribution in [0.3, 0.4) is 0 Å². The Balaban J connectivity index is 1.26. The van der Waals surface area contributed by atoms with Crippen LogP contribution >= 0.6 is 11.6 Å². The van der Waals surface area contributed by atoms with Crippen molar-refractivity contribution < 1.29 is 14.3 Å². The summed E-state index contributed by atoms with van der Waals surface area (Å²) in [6, 6.07) is 5.58. The molecule has 0 saturated carbocycles. The minimum atomic E-state index is -0.161. The first-order valence-electron chi connectivity index (χ1n) is 10.8. The van der Waals surface area contributed by atoms with Gasteiger partial charge in [0.25, 0.3) is 0 Å². The Morgan fingerprint density at radius 1 is 0.966 bits per heavy atom. The van der Waals surface area contributed by atoms with E-state index in [1.54, 1.807) is 0 Å². The molecule has 2 fully saturated rings. The van der Waals surface area contributed by atoms with E-state index in [1.165, 1.54) is 12.8 Å². The average Bonchev–Trinajstić information content (AvgIpc) is 3.03. The summed E-state index contributed by atoms with van der Waals surface area (Å²) in [7, 11) is 0. The van der Waals surface area contributed by atoms with Gasteiger partial charge >= 0.3 is 0 Å². The molecule has 6 nitrogen and oxygen atoms in total. The summed E-state index contributed by atoms with van der Waals surface area (Å²) in [5, 5.41) is 0.670. The zero-order chi connectivity index (χ0) is 20.2. The second kappa shape index (κ2) is 9.35. The van der Waals surface area contributed by atoms with Crippen molar-refractivity contribution >= 4 is 23.4 Å². The number of rotatable bonds is 3. The van der Waals surface area contributed by atoms with Gasteiger partial charge in [-0.15, -0.1) is 0 Å². The van der Waals surface area contributed by atoms with E-state index in [0.29, 0.717) is 37.7 Å². The molecule has 2 amide bonds. The van der Waals surface area contributed by atoms with Crippen LogP contribution in [0, 0.1) is 5.92 Å². The molecule has 3 heterocycles. The lowest BCUT2D eigenvalue weighted by atomic mass is 9.95. The maximum absolute atomic E-state index is 13.0. The molecule has 1 unspecified atom stereocenters. The van der Waals surface area contributed by atoms with Crippen LogP contribution in [-0.4, -0.2) is 78.9 Å². The van der Waals surface area contributed by atoms with Gasteiger partial charge in [-0.05, 0) is 43.0 Å². The largest absolute Gasteiger partial charge is 0.492 e. The van der Waals surface area contributed by atoms with Crippen LogP contribution in [0.2, 0.25) is 5.02 Å². The third-order valence-electron chi connectivity index (χ3n) is 6.28. The number of benzene rings is 1. The van der Waals surface area contributed by atoms with Crippen molar-refractivity contribution in [2.75, 3.05) is 52.4 Å². The molecule has 3 aliphatic rings. The number of hydrogen-bond acceptors (Lipinski definition) is 4. The molecular formula is C22H30ClN3O3. The van der Waals surface area contributed by atoms with Crippen molar-refractivity contribution in [2.45, 2.75) is 32.1 Å². The molecule has 1 aromatic rings. The first-order chi connectivity index (χ1) is 14.1. The Morgan fingerprint density at radius 2 is 1.69 bits per heavy atom. The lowest BCUT2D eigenvalue weighted by Crippen LogP contribution is -2.53. The summed E-state index contributed by atoms with van der Waals surface area (Å²) in [6.07, 6.45) is 5.36. The van der Waals surface area contributed by atoms with Crippen LogP contribution in [0.5, 0.6) is 5.75 Å². The fourth-order valence-corrected chi connectivity index (χ4v) is 4.71. The Kier molecular flexibility index (Phi) is 6.60. The van der Waals surface area contributed by atoms with Crippen LogP contribution in [-0.2, 0) is 16.0 Å². The van der Waals surface area contributed by atoms with E-state index in [-0.39, 0.29) is 17.7 Å². The topological polar surface area (TPSA) is 53.1 Å². The van der Waals surface area contributed by atoms with Crippen molar-refractivity contribution in [1.29, 1.82) is 0 Å². The number of carbonyl (C=O) groups excluding carboxylic acids is 2. The Labute approximate surface area is 177 Å². The number of nitrogens with zero attached hydrogens (tertiary/aromatic N) is 3. The smallest absolute Gasteiger partial charge is 0.236 e. The lowest BCUT2D eigenvalue weighted by molar-refractivity contribution is -0.139. The number of amides is 2. The van der Waals surface area contributed by atoms with Gasteiger partial charge in [-0.2, -0.15) is 0 Å². The van der Waals surface area contributed by atoms with Crippen LogP contribution in [0.4, 0.5) is 0 Å². The first-order valence-corrected chi connectivity index (χ1v) is 11.2. The monoisotopic (exact) mass is 419 g/mol. The van der Waals surface area contributed by atoms with E-state index in [9.17, 15) is 9.59 Å². The highest BCUT2D eigenvalue weighted by atomic mass is 35.5. The molecule has 3 aliphatic heterocycles. The Bertz CT molecular complexity index is 741. The molecule has 0 N–H and O–H groups in total. The predicted octanol–water partition coefficient (Wildman–Crippen LogP) is 2.44. The zero-order valence-corrected chi connectivity index (χ0v) is 17.7. The minimum Gasteiger partial charge on any atom is -0.492 e. The molecule has 0 bridgehead atoms. The zero-order valence-electron chi connectivity index (χ0n) is 16.9. The number of piperazine rings is 1. The highest BCUT2D eigenvalue weighted by molar-refractivity contribution is 6.30. The molecule has 1 atom stereocenters. The molecule has 1 aromatic carbocycles. The van der Waals surface area contributed by atoms with Crippen LogP contribution in [0.15, 0.2) is 18.2 Å². The van der Waals surface area contributed by atoms with Crippen molar-refractivity contribution in [3.8, 4) is 5.75 Å². The van der Waals surface area contributed by atoms with E-state index in [0.717, 1.165) is 50.3 Å². The van der Waals surface area contributed by atoms with E-state index in [2.05, 4.69) is 4.90 Å². The van der Waals surface area contributed by atoms with Crippen LogP contribution < -0.4 is 4.74 Å². The van der Waals surface area contributed by atoms with Gasteiger partial charge in [-0.25, -0.2) is 0 Å². The molecule has 29 heavy (non-hydrogen) atoms. The van der Waals surface area contributed by atoms with Crippen LogP contribution in [0.25, 0.3) is 0 Å². The Hall–Kier alpha value is -1.79. The number of halogens is 1. The van der Waals surface area contributed by atoms with Crippen molar-refractivity contribution in [3.63, 3.8) is 0 Å². The molecule has 0 radical (unpaired) electrons. The first kappa shape index (κ1) is 20.5. The van der Waals surface area contributed by atoms with Gasteiger partial charge in [0.1, 0.15) is 12.4 Å². The molecule has 7 heteroatoms. The average molecular weight is 420 g/mol. The second-order valence-electron chi connectivity index (χ2n) is 8.36. The van der Waals surface area contributed by atoms with Crippen LogP contribution in [0.1, 0.15) is 31.2 Å². The van der Waals surface area contributed by atoms with Crippen molar-refractivity contribution in [1.82, 2.24) is 14.7 Å². The molecular weight excluding hydrogens is 390 g/mol. The van der Waals surface area contributed by atoms with Gasteiger partial charge in [0.05, 0.1) is 12.5 Å². The summed E-state index contributed by atoms with van der Waals surface area (Å²) in [5.74, 6) is 1.05. The molecule has 4 rings (SSSR count). The van der Waals surface area contributed by atoms with E-state index < -0.39 is 0 Å². The van der Waals surface area contributed by atoms with Gasteiger partial charge in [0.2, 0.25) is 11.8 Å². The fourth-order valence-electron chi connectivity index (χ4n) is 4.52. The van der Waals surface area contributed by atoms with Gasteiger partial charge in [-0.3, -0.25) is 14.5 Å². The normalized spacial score (nSPS) is 23.1. The number of fused-ring (bicyclic) bond motifs is 1. The summed E-state index contributed by atoms with van der Waals surface area (Å²) in [4.78, 5) is 31.7. The summed E-state index contributed by atoms with van der Waals surface area (Å²) >= 11 is 6.09. The standard InChI is InChI=1S/C22H30ClN3O3/c23-19-5-6-20-17(14-19)13-18(16-29-20)22(28)26-11-9-24(10-12-26)15-21(27)25-7-3-1-2-4-8-25/h5-6,14,18H,1-4,7-13,15-16H2. The lowest BCUT2D eigenvalue weighted by Gasteiger charge is -2.37. The highest BCUT2D eigenvalue weighted by Crippen LogP contribution is 2.30. The quantitative estimate of drug-likeness (QED) is 0.755. The SMILES string of the molecule is O=C(CN1CCN(C(=O)C2COc3ccc(Cl)cc3C2)CC1)N1CCCCCC1. The second-order valence-corrected chi connectivity index (χ2v) is 8.80. The van der Waals surface area contributed by atoms with E-state index >= 15 is 0 Å². The third kappa shape index (κ3) is 5.04. The van der Waals surface area contributed by atoms with Gasteiger partial charge in [0.15, 0.2) is 0 Å². The maximum atomic E-state index is 13.0. The molecule has 0 spiro atoms. The maximum Gasteiger partial charge on any atom is 0.236 e. The number of carbonyl (C=O) groups is 2. The highest BCUT2D eigenvalue weighted by Gasteiger charge is 2.32. The third-order valence-corrected chi connectivity index (χ3v) is 6.51. The number of likely N-dealkylation sites (tertiary alicyclic amines) is 1.